The van der Waals surface area contributed by atoms with Crippen LogP contribution in [0.1, 0.15) is 30.7 Å². The zero-order chi connectivity index (χ0) is 17.9. The number of benzene rings is 1. The number of aryl methyl sites for hydroxylation is 2. The average molecular weight is 353 g/mol. The molecule has 4 rings (SSSR count). The molecule has 1 aliphatic carbocycles. The predicted octanol–water partition coefficient (Wildman–Crippen LogP) is 3.14. The molecule has 1 saturated heterocycles. The van der Waals surface area contributed by atoms with Gasteiger partial charge in [-0.15, -0.1) is 0 Å². The molecule has 1 aliphatic heterocycles. The van der Waals surface area contributed by atoms with Gasteiger partial charge < -0.3 is 9.32 Å². The standard InChI is InChI=1S/C21H27N3O2/c1-16-2-6-18(7-3-16)19-14-22-20(26-19)8-9-21(25)24-12-10-23(11-13-24)15-17-4-5-17/h2-3,6-7,14,17H,4-5,8-13,15H2,1H3. The van der Waals surface area contributed by atoms with Crippen molar-refractivity contribution in [3.63, 3.8) is 0 Å². The third-order valence-corrected chi connectivity index (χ3v) is 5.38. The highest BCUT2D eigenvalue weighted by Gasteiger charge is 2.27. The first-order chi connectivity index (χ1) is 12.7. The molecule has 5 nitrogen and oxygen atoms in total. The lowest BCUT2D eigenvalue weighted by Crippen LogP contribution is -2.49. The van der Waals surface area contributed by atoms with E-state index in [4.69, 9.17) is 4.42 Å². The summed E-state index contributed by atoms with van der Waals surface area (Å²) in [4.78, 5) is 21.3. The molecule has 0 bridgehead atoms. The molecular formula is C21H27N3O2. The number of carbonyl (C=O) groups is 1. The number of amides is 1. The highest BCUT2D eigenvalue weighted by atomic mass is 16.4. The highest BCUT2D eigenvalue weighted by Crippen LogP contribution is 2.30. The fourth-order valence-corrected chi connectivity index (χ4v) is 3.49. The van der Waals surface area contributed by atoms with Crippen LogP contribution >= 0.6 is 0 Å². The monoisotopic (exact) mass is 353 g/mol. The minimum atomic E-state index is 0.214. The van der Waals surface area contributed by atoms with Crippen molar-refractivity contribution in [2.24, 2.45) is 5.92 Å². The van der Waals surface area contributed by atoms with Gasteiger partial charge in [-0.3, -0.25) is 9.69 Å². The molecule has 0 unspecified atom stereocenters. The maximum Gasteiger partial charge on any atom is 0.223 e. The summed E-state index contributed by atoms with van der Waals surface area (Å²) >= 11 is 0. The number of piperazine rings is 1. The van der Waals surface area contributed by atoms with E-state index in [2.05, 4.69) is 28.9 Å². The molecule has 1 amide bonds. The summed E-state index contributed by atoms with van der Waals surface area (Å²) in [6.07, 6.45) is 5.56. The SMILES string of the molecule is Cc1ccc(-c2cnc(CCC(=O)N3CCN(CC4CC4)CC3)o2)cc1. The Hall–Kier alpha value is -2.14. The number of hydrogen-bond donors (Lipinski definition) is 0. The minimum absolute atomic E-state index is 0.214. The first kappa shape index (κ1) is 17.3. The molecule has 2 heterocycles. The third-order valence-electron chi connectivity index (χ3n) is 5.38. The zero-order valence-corrected chi connectivity index (χ0v) is 15.5. The van der Waals surface area contributed by atoms with E-state index in [1.807, 2.05) is 17.0 Å². The average Bonchev–Trinajstić information content (AvgIpc) is 3.35. The van der Waals surface area contributed by atoms with E-state index in [1.165, 1.54) is 24.9 Å². The topological polar surface area (TPSA) is 49.6 Å². The molecule has 138 valence electrons. The largest absolute Gasteiger partial charge is 0.441 e. The molecule has 2 aromatic rings. The number of rotatable bonds is 6. The second-order valence-electron chi connectivity index (χ2n) is 7.61. The van der Waals surface area contributed by atoms with Crippen LogP contribution < -0.4 is 0 Å². The Kier molecular flexibility index (Phi) is 5.07. The number of carbonyl (C=O) groups excluding carboxylic acids is 1. The van der Waals surface area contributed by atoms with Crippen LogP contribution in [0.2, 0.25) is 0 Å². The van der Waals surface area contributed by atoms with Crippen LogP contribution in [-0.2, 0) is 11.2 Å². The molecule has 0 N–H and O–H groups in total. The van der Waals surface area contributed by atoms with Crippen molar-refractivity contribution < 1.29 is 9.21 Å². The van der Waals surface area contributed by atoms with Gasteiger partial charge in [0.1, 0.15) is 0 Å². The smallest absolute Gasteiger partial charge is 0.223 e. The quantitative estimate of drug-likeness (QED) is 0.800. The molecular weight excluding hydrogens is 326 g/mol. The fourth-order valence-electron chi connectivity index (χ4n) is 3.49. The number of nitrogens with zero attached hydrogens (tertiary/aromatic N) is 3. The van der Waals surface area contributed by atoms with Crippen molar-refractivity contribution in [3.8, 4) is 11.3 Å². The van der Waals surface area contributed by atoms with Gasteiger partial charge in [-0.05, 0) is 25.7 Å². The number of aromatic nitrogens is 1. The molecule has 0 spiro atoms. The van der Waals surface area contributed by atoms with Crippen molar-refractivity contribution in [2.75, 3.05) is 32.7 Å². The molecule has 1 aromatic heterocycles. The fraction of sp³-hybridized carbons (Fsp3) is 0.524. The van der Waals surface area contributed by atoms with E-state index >= 15 is 0 Å². The van der Waals surface area contributed by atoms with Crippen LogP contribution in [-0.4, -0.2) is 53.4 Å². The van der Waals surface area contributed by atoms with E-state index in [0.717, 1.165) is 43.4 Å². The van der Waals surface area contributed by atoms with Crippen molar-refractivity contribution in [2.45, 2.75) is 32.6 Å². The van der Waals surface area contributed by atoms with Crippen molar-refractivity contribution in [1.29, 1.82) is 0 Å². The van der Waals surface area contributed by atoms with Crippen LogP contribution in [0.15, 0.2) is 34.9 Å². The van der Waals surface area contributed by atoms with Gasteiger partial charge in [0.2, 0.25) is 5.91 Å². The first-order valence-electron chi connectivity index (χ1n) is 9.69. The van der Waals surface area contributed by atoms with E-state index in [1.54, 1.807) is 6.20 Å². The van der Waals surface area contributed by atoms with Gasteiger partial charge in [0.15, 0.2) is 11.7 Å². The summed E-state index contributed by atoms with van der Waals surface area (Å²) in [6, 6.07) is 8.19. The van der Waals surface area contributed by atoms with E-state index in [0.29, 0.717) is 18.7 Å². The Labute approximate surface area is 155 Å². The van der Waals surface area contributed by atoms with Crippen LogP contribution in [0.4, 0.5) is 0 Å². The van der Waals surface area contributed by atoms with Gasteiger partial charge >= 0.3 is 0 Å². The number of hydrogen-bond acceptors (Lipinski definition) is 4. The van der Waals surface area contributed by atoms with Gasteiger partial charge in [-0.2, -0.15) is 0 Å². The molecule has 2 aliphatic rings. The zero-order valence-electron chi connectivity index (χ0n) is 15.5. The van der Waals surface area contributed by atoms with Crippen molar-refractivity contribution >= 4 is 5.91 Å². The van der Waals surface area contributed by atoms with Crippen molar-refractivity contribution in [3.05, 3.63) is 41.9 Å². The molecule has 0 atom stereocenters. The predicted molar refractivity (Wildman–Crippen MR) is 101 cm³/mol. The molecule has 0 radical (unpaired) electrons. The van der Waals surface area contributed by atoms with E-state index in [-0.39, 0.29) is 5.91 Å². The minimum Gasteiger partial charge on any atom is -0.441 e. The van der Waals surface area contributed by atoms with Crippen LogP contribution in [0.3, 0.4) is 0 Å². The van der Waals surface area contributed by atoms with Gasteiger partial charge in [-0.25, -0.2) is 4.98 Å². The van der Waals surface area contributed by atoms with Gasteiger partial charge in [-0.1, -0.05) is 29.8 Å². The summed E-state index contributed by atoms with van der Waals surface area (Å²) in [5, 5.41) is 0. The Morgan fingerprint density at radius 2 is 1.88 bits per heavy atom. The second kappa shape index (κ2) is 7.62. The van der Waals surface area contributed by atoms with E-state index < -0.39 is 0 Å². The Balaban J connectivity index is 1.25. The Morgan fingerprint density at radius 3 is 2.58 bits per heavy atom. The lowest BCUT2D eigenvalue weighted by molar-refractivity contribution is -0.133. The molecule has 1 saturated carbocycles. The lowest BCUT2D eigenvalue weighted by atomic mass is 10.1. The Bertz CT molecular complexity index is 741. The molecule has 26 heavy (non-hydrogen) atoms. The second-order valence-corrected chi connectivity index (χ2v) is 7.61. The normalized spacial score (nSPS) is 18.3. The highest BCUT2D eigenvalue weighted by molar-refractivity contribution is 5.76. The van der Waals surface area contributed by atoms with Crippen LogP contribution in [0.25, 0.3) is 11.3 Å². The number of oxazole rings is 1. The van der Waals surface area contributed by atoms with Gasteiger partial charge in [0.05, 0.1) is 6.20 Å². The summed E-state index contributed by atoms with van der Waals surface area (Å²) in [5.74, 6) is 2.54. The maximum absolute atomic E-state index is 12.5. The molecule has 1 aromatic carbocycles. The first-order valence-corrected chi connectivity index (χ1v) is 9.69. The Morgan fingerprint density at radius 1 is 1.15 bits per heavy atom. The van der Waals surface area contributed by atoms with Gasteiger partial charge in [0.25, 0.3) is 0 Å². The molecule has 5 heteroatoms. The summed E-state index contributed by atoms with van der Waals surface area (Å²) in [7, 11) is 0. The maximum atomic E-state index is 12.5. The summed E-state index contributed by atoms with van der Waals surface area (Å²) < 4.78 is 5.82. The summed E-state index contributed by atoms with van der Waals surface area (Å²) in [6.45, 7) is 7.02. The van der Waals surface area contributed by atoms with Gasteiger partial charge in [0, 0.05) is 51.1 Å². The van der Waals surface area contributed by atoms with Crippen molar-refractivity contribution in [1.82, 2.24) is 14.8 Å². The van der Waals surface area contributed by atoms with E-state index in [9.17, 15) is 4.79 Å². The third kappa shape index (κ3) is 4.33. The molecule has 2 fully saturated rings. The summed E-state index contributed by atoms with van der Waals surface area (Å²) in [5.41, 5.74) is 2.24. The lowest BCUT2D eigenvalue weighted by Gasteiger charge is -2.34. The van der Waals surface area contributed by atoms with Crippen LogP contribution in [0, 0.1) is 12.8 Å². The van der Waals surface area contributed by atoms with Crippen LogP contribution in [0.5, 0.6) is 0 Å².